The van der Waals surface area contributed by atoms with Crippen LogP contribution in [0.2, 0.25) is 0 Å². The predicted molar refractivity (Wildman–Crippen MR) is 91.3 cm³/mol. The molecule has 2 aromatic rings. The molecule has 3 rings (SSSR count). The van der Waals surface area contributed by atoms with Gasteiger partial charge in [0, 0.05) is 42.5 Å². The molecular formula is C17H16F3N5O. The average Bonchev–Trinajstić information content (AvgIpc) is 2.62. The van der Waals surface area contributed by atoms with Gasteiger partial charge in [-0.05, 0) is 48.2 Å². The Balaban J connectivity index is 2.04. The molecule has 1 atom stereocenters. The van der Waals surface area contributed by atoms with Gasteiger partial charge in [-0.1, -0.05) is 5.11 Å². The Morgan fingerprint density at radius 1 is 1.23 bits per heavy atom. The lowest BCUT2D eigenvalue weighted by molar-refractivity contribution is -0.137. The van der Waals surface area contributed by atoms with Crippen LogP contribution in [0.15, 0.2) is 46.3 Å². The number of alkyl halides is 3. The van der Waals surface area contributed by atoms with Crippen molar-refractivity contribution in [2.75, 3.05) is 18.0 Å². The van der Waals surface area contributed by atoms with Gasteiger partial charge in [-0.3, -0.25) is 4.79 Å². The van der Waals surface area contributed by atoms with E-state index in [0.717, 1.165) is 23.5 Å². The van der Waals surface area contributed by atoms with Crippen LogP contribution in [0.3, 0.4) is 0 Å². The Labute approximate surface area is 147 Å². The Morgan fingerprint density at radius 2 is 1.92 bits per heavy atom. The molecule has 0 saturated carbocycles. The topological polar surface area (TPSA) is 74.0 Å². The predicted octanol–water partition coefficient (Wildman–Crippen LogP) is 4.02. The molecule has 2 heterocycles. The maximum atomic E-state index is 12.8. The molecule has 6 nitrogen and oxygen atoms in total. The first kappa shape index (κ1) is 17.9. The lowest BCUT2D eigenvalue weighted by Gasteiger charge is -2.36. The van der Waals surface area contributed by atoms with Crippen molar-refractivity contribution in [3.63, 3.8) is 0 Å². The van der Waals surface area contributed by atoms with Crippen molar-refractivity contribution in [3.05, 3.63) is 68.5 Å². The van der Waals surface area contributed by atoms with Crippen LogP contribution in [0.1, 0.15) is 11.3 Å². The Morgan fingerprint density at radius 3 is 2.54 bits per heavy atom. The summed E-state index contributed by atoms with van der Waals surface area (Å²) in [6, 6.07) is 8.01. The number of fused-ring (bicyclic) bond motifs is 1. The van der Waals surface area contributed by atoms with Crippen molar-refractivity contribution >= 4 is 11.4 Å². The molecule has 0 N–H and O–H groups in total. The zero-order valence-electron chi connectivity index (χ0n) is 13.9. The highest BCUT2D eigenvalue weighted by Gasteiger charge is 2.31. The SMILES string of the molecule is Cn1c2c(ccc1=O)N(c1ccc(C(F)(F)F)cc1)CC(CN=[N+]=[N-])C2. The highest BCUT2D eigenvalue weighted by atomic mass is 19.4. The standard InChI is InChI=1S/C17H16F3N5O/c1-24-15-8-11(9-22-23-21)10-25(14(15)6-7-16(24)26)13-4-2-12(3-5-13)17(18,19)20/h2-7,11H,8-10H2,1H3. The summed E-state index contributed by atoms with van der Waals surface area (Å²) in [5.74, 6) is -0.0475. The van der Waals surface area contributed by atoms with Crippen LogP contribution < -0.4 is 10.5 Å². The van der Waals surface area contributed by atoms with Crippen molar-refractivity contribution in [3.8, 4) is 0 Å². The lowest BCUT2D eigenvalue weighted by Crippen LogP contribution is -2.37. The molecule has 1 aliphatic heterocycles. The van der Waals surface area contributed by atoms with E-state index >= 15 is 0 Å². The van der Waals surface area contributed by atoms with E-state index in [4.69, 9.17) is 5.53 Å². The smallest absolute Gasteiger partial charge is 0.340 e. The minimum atomic E-state index is -4.40. The number of anilines is 2. The number of azide groups is 1. The van der Waals surface area contributed by atoms with Crippen molar-refractivity contribution < 1.29 is 13.2 Å². The highest BCUT2D eigenvalue weighted by molar-refractivity contribution is 5.67. The molecule has 1 aromatic carbocycles. The molecule has 26 heavy (non-hydrogen) atoms. The Kier molecular flexibility index (Phi) is 4.65. The van der Waals surface area contributed by atoms with E-state index in [9.17, 15) is 18.0 Å². The number of hydrogen-bond donors (Lipinski definition) is 0. The van der Waals surface area contributed by atoms with Gasteiger partial charge in [0.05, 0.1) is 11.3 Å². The van der Waals surface area contributed by atoms with Gasteiger partial charge in [-0.2, -0.15) is 13.2 Å². The van der Waals surface area contributed by atoms with Gasteiger partial charge in [0.1, 0.15) is 0 Å². The van der Waals surface area contributed by atoms with Crippen molar-refractivity contribution in [1.82, 2.24) is 4.57 Å². The molecule has 0 aliphatic carbocycles. The molecule has 0 radical (unpaired) electrons. The number of halogens is 3. The van der Waals surface area contributed by atoms with Crippen LogP contribution in [-0.2, 0) is 19.6 Å². The number of rotatable bonds is 3. The second-order valence-electron chi connectivity index (χ2n) is 6.20. The summed E-state index contributed by atoms with van der Waals surface area (Å²) in [7, 11) is 1.65. The molecule has 0 amide bonds. The molecule has 1 aromatic heterocycles. The normalized spacial score (nSPS) is 16.8. The fraction of sp³-hybridized carbons (Fsp3) is 0.353. The summed E-state index contributed by atoms with van der Waals surface area (Å²) in [6.07, 6.45) is -3.84. The number of pyridine rings is 1. The number of aromatic nitrogens is 1. The van der Waals surface area contributed by atoms with E-state index in [-0.39, 0.29) is 18.0 Å². The fourth-order valence-corrected chi connectivity index (χ4v) is 3.19. The van der Waals surface area contributed by atoms with Crippen molar-refractivity contribution in [2.24, 2.45) is 18.1 Å². The van der Waals surface area contributed by atoms with Crippen LogP contribution >= 0.6 is 0 Å². The molecular weight excluding hydrogens is 347 g/mol. The Hall–Kier alpha value is -2.93. The first-order valence-corrected chi connectivity index (χ1v) is 7.96. The van der Waals surface area contributed by atoms with Crippen molar-refractivity contribution in [2.45, 2.75) is 12.6 Å². The Bertz CT molecular complexity index is 913. The van der Waals surface area contributed by atoms with Crippen LogP contribution in [0.25, 0.3) is 10.4 Å². The summed E-state index contributed by atoms with van der Waals surface area (Å²) >= 11 is 0. The van der Waals surface area contributed by atoms with Gasteiger partial charge in [-0.25, -0.2) is 0 Å². The maximum absolute atomic E-state index is 12.8. The number of nitrogens with zero attached hydrogens (tertiary/aromatic N) is 5. The zero-order valence-corrected chi connectivity index (χ0v) is 13.9. The van der Waals surface area contributed by atoms with Crippen LogP contribution in [0, 0.1) is 5.92 Å². The first-order chi connectivity index (χ1) is 12.3. The van der Waals surface area contributed by atoms with Crippen LogP contribution in [0.4, 0.5) is 24.5 Å². The number of benzene rings is 1. The van der Waals surface area contributed by atoms with E-state index in [2.05, 4.69) is 10.0 Å². The molecule has 9 heteroatoms. The van der Waals surface area contributed by atoms with Gasteiger partial charge < -0.3 is 9.47 Å². The van der Waals surface area contributed by atoms with E-state index in [1.807, 2.05) is 4.90 Å². The minimum Gasteiger partial charge on any atom is -0.340 e. The minimum absolute atomic E-state index is 0.0475. The molecule has 0 fully saturated rings. The van der Waals surface area contributed by atoms with E-state index in [1.165, 1.54) is 22.8 Å². The largest absolute Gasteiger partial charge is 0.416 e. The van der Waals surface area contributed by atoms with E-state index < -0.39 is 11.7 Å². The molecule has 136 valence electrons. The first-order valence-electron chi connectivity index (χ1n) is 7.96. The maximum Gasteiger partial charge on any atom is 0.416 e. The second-order valence-corrected chi connectivity index (χ2v) is 6.20. The summed E-state index contributed by atoms with van der Waals surface area (Å²) in [5.41, 5.74) is 9.80. The molecule has 1 aliphatic rings. The highest BCUT2D eigenvalue weighted by Crippen LogP contribution is 2.36. The van der Waals surface area contributed by atoms with Gasteiger partial charge >= 0.3 is 6.18 Å². The monoisotopic (exact) mass is 363 g/mol. The summed E-state index contributed by atoms with van der Waals surface area (Å²) in [5, 5.41) is 3.61. The molecule has 0 spiro atoms. The van der Waals surface area contributed by atoms with Gasteiger partial charge in [0.25, 0.3) is 5.56 Å². The molecule has 1 unspecified atom stereocenters. The van der Waals surface area contributed by atoms with E-state index in [0.29, 0.717) is 18.7 Å². The summed E-state index contributed by atoms with van der Waals surface area (Å²) in [6.45, 7) is 0.728. The third-order valence-corrected chi connectivity index (χ3v) is 4.54. The van der Waals surface area contributed by atoms with Gasteiger partial charge in [0.2, 0.25) is 0 Å². The van der Waals surface area contributed by atoms with Crippen LogP contribution in [-0.4, -0.2) is 17.7 Å². The third-order valence-electron chi connectivity index (χ3n) is 4.54. The quantitative estimate of drug-likeness (QED) is 0.469. The van der Waals surface area contributed by atoms with E-state index in [1.54, 1.807) is 13.1 Å². The zero-order chi connectivity index (χ0) is 18.9. The summed E-state index contributed by atoms with van der Waals surface area (Å²) < 4.78 is 39.9. The number of hydrogen-bond acceptors (Lipinski definition) is 3. The molecule has 0 bridgehead atoms. The molecule has 0 saturated heterocycles. The fourth-order valence-electron chi connectivity index (χ4n) is 3.19. The average molecular weight is 363 g/mol. The van der Waals surface area contributed by atoms with Crippen molar-refractivity contribution in [1.29, 1.82) is 0 Å². The lowest BCUT2D eigenvalue weighted by atomic mass is 9.95. The van der Waals surface area contributed by atoms with Gasteiger partial charge in [0.15, 0.2) is 0 Å². The third kappa shape index (κ3) is 3.39. The second kappa shape index (κ2) is 6.76. The summed E-state index contributed by atoms with van der Waals surface area (Å²) in [4.78, 5) is 16.6. The van der Waals surface area contributed by atoms with Gasteiger partial charge in [-0.15, -0.1) is 0 Å². The van der Waals surface area contributed by atoms with Crippen LogP contribution in [0.5, 0.6) is 0 Å².